The van der Waals surface area contributed by atoms with Crippen molar-refractivity contribution in [1.29, 1.82) is 0 Å². The van der Waals surface area contributed by atoms with Crippen LogP contribution in [0.2, 0.25) is 28.2 Å². The maximum Gasteiger partial charge on any atom is 0.269 e. The fourth-order valence-corrected chi connectivity index (χ4v) is 6.44. The highest BCUT2D eigenvalue weighted by Gasteiger charge is 2.41. The first kappa shape index (κ1) is 31.2. The quantitative estimate of drug-likeness (QED) is 0.274. The van der Waals surface area contributed by atoms with Crippen molar-refractivity contribution >= 4 is 64.8 Å². The highest BCUT2D eigenvalue weighted by molar-refractivity contribution is 7.90. The molecule has 0 aliphatic carbocycles. The second-order valence-electron chi connectivity index (χ2n) is 10.7. The molecule has 3 rings (SSSR count). The van der Waals surface area contributed by atoms with E-state index in [4.69, 9.17) is 27.6 Å². The number of nitrogens with one attached hydrogen (secondary N) is 1. The van der Waals surface area contributed by atoms with Crippen LogP contribution >= 0.6 is 23.2 Å². The monoisotopic (exact) mass is 615 g/mol. The molecular formula is C25H30Cl2FN4O5SSi-. The topological polar surface area (TPSA) is 123 Å². The summed E-state index contributed by atoms with van der Waals surface area (Å²) >= 11 is 12.3. The van der Waals surface area contributed by atoms with Crippen LogP contribution in [0.25, 0.3) is 0 Å². The number of aliphatic imine (C=N–C) groups is 2. The van der Waals surface area contributed by atoms with Gasteiger partial charge in [-0.1, -0.05) is 50.0 Å². The number of nitrogens with zero attached hydrogens (tertiary/aromatic N) is 3. The summed E-state index contributed by atoms with van der Waals surface area (Å²) in [5.74, 6) is -2.19. The number of hydrogen-bond donors (Lipinski definition) is 1. The number of sulfonamides is 1. The third-order valence-corrected chi connectivity index (χ3v) is 13.3. The van der Waals surface area contributed by atoms with Gasteiger partial charge in [0, 0.05) is 5.92 Å². The Morgan fingerprint density at radius 3 is 2.38 bits per heavy atom. The van der Waals surface area contributed by atoms with Crippen molar-refractivity contribution < 1.29 is 22.0 Å². The number of halogens is 3. The van der Waals surface area contributed by atoms with Gasteiger partial charge >= 0.3 is 0 Å². The number of hydroxylamine groups is 2. The van der Waals surface area contributed by atoms with Crippen molar-refractivity contribution in [3.63, 3.8) is 0 Å². The molecule has 0 saturated carbocycles. The average molecular weight is 617 g/mol. The van der Waals surface area contributed by atoms with Crippen LogP contribution in [-0.2, 0) is 14.8 Å². The molecule has 212 valence electrons. The fourth-order valence-electron chi connectivity index (χ4n) is 3.47. The molecule has 1 aliphatic heterocycles. The molecule has 2 aromatic carbocycles. The largest absolute Gasteiger partial charge is 0.785 e. The van der Waals surface area contributed by atoms with E-state index in [0.717, 1.165) is 5.06 Å². The van der Waals surface area contributed by atoms with Crippen LogP contribution in [0.4, 0.5) is 15.8 Å². The van der Waals surface area contributed by atoms with E-state index in [1.54, 1.807) is 0 Å². The van der Waals surface area contributed by atoms with Gasteiger partial charge in [0.2, 0.25) is 5.91 Å². The lowest BCUT2D eigenvalue weighted by Gasteiger charge is -2.37. The van der Waals surface area contributed by atoms with Gasteiger partial charge in [-0.15, -0.1) is 0 Å². The van der Waals surface area contributed by atoms with Gasteiger partial charge in [-0.2, -0.15) is 9.98 Å². The predicted octanol–water partition coefficient (Wildman–Crippen LogP) is 6.67. The molecule has 0 unspecified atom stereocenters. The van der Waals surface area contributed by atoms with Crippen LogP contribution in [0.5, 0.6) is 5.75 Å². The number of carbonyl (C=O) groups is 1. The highest BCUT2D eigenvalue weighted by Crippen LogP contribution is 2.45. The second kappa shape index (κ2) is 12.1. The van der Waals surface area contributed by atoms with Crippen LogP contribution in [0, 0.1) is 16.9 Å². The molecule has 1 amide bonds. The number of benzene rings is 2. The third-order valence-electron chi connectivity index (χ3n) is 6.81. The number of carbonyl (C=O) groups excluding carboxylic acids is 1. The molecular weight excluding hydrogens is 586 g/mol. The van der Waals surface area contributed by atoms with E-state index in [1.165, 1.54) is 30.3 Å². The molecule has 9 nitrogen and oxygen atoms in total. The molecule has 1 N–H and O–H groups in total. The van der Waals surface area contributed by atoms with Gasteiger partial charge in [0.1, 0.15) is 27.4 Å². The lowest BCUT2D eigenvalue weighted by molar-refractivity contribution is -0.124. The van der Waals surface area contributed by atoms with E-state index >= 15 is 0 Å². The average Bonchev–Trinajstić information content (AvgIpc) is 2.82. The molecule has 39 heavy (non-hydrogen) atoms. The number of amides is 1. The third kappa shape index (κ3) is 7.46. The van der Waals surface area contributed by atoms with Crippen molar-refractivity contribution in [2.75, 3.05) is 13.1 Å². The Morgan fingerprint density at radius 1 is 1.15 bits per heavy atom. The van der Waals surface area contributed by atoms with Crippen molar-refractivity contribution in [1.82, 2.24) is 9.79 Å². The first-order valence-corrected chi connectivity index (χ1v) is 17.3. The molecule has 14 heteroatoms. The van der Waals surface area contributed by atoms with Crippen LogP contribution in [0.1, 0.15) is 33.6 Å². The molecule has 2 aromatic rings. The summed E-state index contributed by atoms with van der Waals surface area (Å²) in [5.41, 5.74) is 0.110. The van der Waals surface area contributed by atoms with Gasteiger partial charge in [-0.05, 0) is 68.3 Å². The van der Waals surface area contributed by atoms with Gasteiger partial charge in [-0.25, -0.2) is 17.5 Å². The van der Waals surface area contributed by atoms with E-state index in [-0.39, 0.29) is 58.1 Å². The van der Waals surface area contributed by atoms with E-state index in [2.05, 4.69) is 20.7 Å². The molecule has 1 saturated heterocycles. The maximum absolute atomic E-state index is 13.8. The summed E-state index contributed by atoms with van der Waals surface area (Å²) in [7, 11) is -7.20. The first-order chi connectivity index (χ1) is 18.0. The molecule has 0 bridgehead atoms. The minimum absolute atomic E-state index is 0.0352. The van der Waals surface area contributed by atoms with Crippen molar-refractivity contribution in [3.05, 3.63) is 51.4 Å². The van der Waals surface area contributed by atoms with Crippen molar-refractivity contribution in [3.8, 4) is 5.75 Å². The second-order valence-corrected chi connectivity index (χ2v) is 17.8. The predicted molar refractivity (Wildman–Crippen MR) is 153 cm³/mol. The molecule has 0 radical (unpaired) electrons. The Balaban J connectivity index is 2.10. The zero-order valence-corrected chi connectivity index (χ0v) is 25.5. The Hall–Kier alpha value is -2.31. The Kier molecular flexibility index (Phi) is 9.65. The molecule has 1 aliphatic rings. The molecule has 0 spiro atoms. The van der Waals surface area contributed by atoms with Crippen LogP contribution < -0.4 is 9.15 Å². The zero-order chi connectivity index (χ0) is 29.2. The summed E-state index contributed by atoms with van der Waals surface area (Å²) < 4.78 is 49.4. The van der Waals surface area contributed by atoms with Gasteiger partial charge in [-0.3, -0.25) is 4.79 Å². The lowest BCUT2D eigenvalue weighted by atomic mass is 9.97. The fraction of sp³-hybridized carbons (Fsp3) is 0.440. The van der Waals surface area contributed by atoms with Crippen LogP contribution in [0.3, 0.4) is 0 Å². The molecule has 1 fully saturated rings. The van der Waals surface area contributed by atoms with Crippen LogP contribution in [0.15, 0.2) is 45.2 Å². The molecule has 0 aromatic heterocycles. The SMILES string of the molecule is CC(C)(C)[Si](C)(C)Oc1c(N=C=Nc2cccc(F)c2Cl)ccc(Cl)c1S(=O)(=O)NC(=O)C1CCN([O-])CC1. The first-order valence-electron chi connectivity index (χ1n) is 12.1. The summed E-state index contributed by atoms with van der Waals surface area (Å²) in [6.45, 7) is 10.0. The minimum atomic E-state index is -4.53. The van der Waals surface area contributed by atoms with Gasteiger partial charge in [0.25, 0.3) is 18.3 Å². The Labute approximate surface area is 238 Å². The summed E-state index contributed by atoms with van der Waals surface area (Å²) in [6, 6.07) is 9.23. The lowest BCUT2D eigenvalue weighted by Crippen LogP contribution is -2.45. The van der Waals surface area contributed by atoms with Gasteiger partial charge in [0.15, 0.2) is 5.75 Å². The minimum Gasteiger partial charge on any atom is -0.785 e. The van der Waals surface area contributed by atoms with Crippen molar-refractivity contribution in [2.24, 2.45) is 15.9 Å². The van der Waals surface area contributed by atoms with E-state index in [0.29, 0.717) is 0 Å². The van der Waals surface area contributed by atoms with Gasteiger partial charge in [0.05, 0.1) is 10.7 Å². The highest BCUT2D eigenvalue weighted by atomic mass is 35.5. The van der Waals surface area contributed by atoms with Gasteiger partial charge < -0.3 is 14.7 Å². The standard InChI is InChI=1S/C25H30Cl2FN4O5SSi/c1-25(2,3)39(4,5)37-22-20(30-15-29-19-8-6-7-18(28)21(19)27)10-9-17(26)23(22)38(35,36)31-24(33)16-11-13-32(34)14-12-16/h6-10,16H,11-14H2,1-5H3,(H,31,33)/q-1. The molecule has 0 atom stereocenters. The number of rotatable bonds is 7. The number of hydrogen-bond acceptors (Lipinski definition) is 8. The summed E-state index contributed by atoms with van der Waals surface area (Å²) in [6.07, 6.45) is 0.463. The van der Waals surface area contributed by atoms with E-state index in [9.17, 15) is 22.8 Å². The normalized spacial score (nSPS) is 15.4. The Bertz CT molecular complexity index is 1420. The number of piperidine rings is 1. The van der Waals surface area contributed by atoms with E-state index < -0.39 is 40.9 Å². The Morgan fingerprint density at radius 2 is 1.77 bits per heavy atom. The zero-order valence-electron chi connectivity index (χ0n) is 22.2. The summed E-state index contributed by atoms with van der Waals surface area (Å²) in [4.78, 5) is 20.5. The molecule has 1 heterocycles. The maximum atomic E-state index is 13.8. The smallest absolute Gasteiger partial charge is 0.269 e. The summed E-state index contributed by atoms with van der Waals surface area (Å²) in [5, 5.41) is 11.6. The van der Waals surface area contributed by atoms with Crippen molar-refractivity contribution in [2.45, 2.75) is 56.6 Å². The van der Waals surface area contributed by atoms with Crippen LogP contribution in [-0.4, -0.2) is 46.8 Å². The van der Waals surface area contributed by atoms with E-state index in [1.807, 2.05) is 33.9 Å².